The second-order valence-electron chi connectivity index (χ2n) is 7.49. The van der Waals surface area contributed by atoms with E-state index in [4.69, 9.17) is 0 Å². The van der Waals surface area contributed by atoms with Crippen LogP contribution in [-0.4, -0.2) is 13.7 Å². The highest BCUT2D eigenvalue weighted by molar-refractivity contribution is 7.93. The first-order valence-corrected chi connectivity index (χ1v) is 10.8. The number of hydrogen-bond donors (Lipinski definition) is 2. The Labute approximate surface area is 157 Å². The molecule has 0 radical (unpaired) electrons. The molecule has 1 unspecified atom stereocenters. The van der Waals surface area contributed by atoms with Gasteiger partial charge < -0.3 is 5.32 Å². The lowest BCUT2D eigenvalue weighted by atomic mass is 9.99. The summed E-state index contributed by atoms with van der Waals surface area (Å²) in [4.78, 5) is 0. The topological polar surface area (TPSA) is 58.2 Å². The van der Waals surface area contributed by atoms with Gasteiger partial charge in [-0.1, -0.05) is 25.1 Å². The SMILES string of the molecule is Cc1c(NCc2ccc(NS(=O)(=O)C(C)C)cc2)ccc2c1CCC2C. The van der Waals surface area contributed by atoms with Gasteiger partial charge >= 0.3 is 0 Å². The van der Waals surface area contributed by atoms with Gasteiger partial charge in [0, 0.05) is 17.9 Å². The van der Waals surface area contributed by atoms with Crippen molar-refractivity contribution in [2.45, 2.75) is 58.2 Å². The summed E-state index contributed by atoms with van der Waals surface area (Å²) in [5, 5.41) is 3.07. The Balaban J connectivity index is 1.66. The van der Waals surface area contributed by atoms with Crippen LogP contribution >= 0.6 is 0 Å². The average Bonchev–Trinajstić information content (AvgIpc) is 2.97. The van der Waals surface area contributed by atoms with Crippen molar-refractivity contribution < 1.29 is 8.42 Å². The van der Waals surface area contributed by atoms with E-state index in [9.17, 15) is 8.42 Å². The second kappa shape index (κ2) is 7.31. The van der Waals surface area contributed by atoms with Gasteiger partial charge in [0.2, 0.25) is 10.0 Å². The molecule has 0 aliphatic heterocycles. The van der Waals surface area contributed by atoms with Crippen molar-refractivity contribution in [1.82, 2.24) is 0 Å². The molecule has 26 heavy (non-hydrogen) atoms. The number of benzene rings is 2. The molecule has 1 aliphatic rings. The largest absolute Gasteiger partial charge is 0.381 e. The van der Waals surface area contributed by atoms with Crippen LogP contribution in [0.1, 0.15) is 55.4 Å². The van der Waals surface area contributed by atoms with Crippen LogP contribution in [0.5, 0.6) is 0 Å². The van der Waals surface area contributed by atoms with Crippen molar-refractivity contribution in [3.05, 3.63) is 58.7 Å². The molecule has 2 N–H and O–H groups in total. The highest BCUT2D eigenvalue weighted by Gasteiger charge is 2.21. The average molecular weight is 373 g/mol. The van der Waals surface area contributed by atoms with Crippen molar-refractivity contribution in [1.29, 1.82) is 0 Å². The maximum Gasteiger partial charge on any atom is 0.235 e. The Morgan fingerprint density at radius 3 is 2.46 bits per heavy atom. The van der Waals surface area contributed by atoms with Gasteiger partial charge in [0.25, 0.3) is 0 Å². The number of fused-ring (bicyclic) bond motifs is 1. The predicted molar refractivity (Wildman–Crippen MR) is 109 cm³/mol. The van der Waals surface area contributed by atoms with Crippen LogP contribution in [0.2, 0.25) is 0 Å². The fraction of sp³-hybridized carbons (Fsp3) is 0.429. The lowest BCUT2D eigenvalue weighted by molar-refractivity contribution is 0.593. The van der Waals surface area contributed by atoms with Crippen molar-refractivity contribution in [3.63, 3.8) is 0 Å². The molecule has 140 valence electrons. The van der Waals surface area contributed by atoms with Gasteiger partial charge in [0.1, 0.15) is 0 Å². The van der Waals surface area contributed by atoms with E-state index in [1.807, 2.05) is 24.3 Å². The molecule has 0 amide bonds. The van der Waals surface area contributed by atoms with Crippen LogP contribution in [-0.2, 0) is 23.0 Å². The van der Waals surface area contributed by atoms with E-state index in [0.717, 1.165) is 5.56 Å². The zero-order valence-electron chi connectivity index (χ0n) is 16.0. The van der Waals surface area contributed by atoms with Gasteiger partial charge in [-0.15, -0.1) is 0 Å². The van der Waals surface area contributed by atoms with Crippen LogP contribution in [0, 0.1) is 6.92 Å². The summed E-state index contributed by atoms with van der Waals surface area (Å²) in [5.41, 5.74) is 7.25. The van der Waals surface area contributed by atoms with Crippen LogP contribution in [0.25, 0.3) is 0 Å². The highest BCUT2D eigenvalue weighted by atomic mass is 32.2. The minimum atomic E-state index is -3.30. The molecule has 4 nitrogen and oxygen atoms in total. The summed E-state index contributed by atoms with van der Waals surface area (Å²) < 4.78 is 26.5. The third-order valence-corrected chi connectivity index (χ3v) is 7.07. The summed E-state index contributed by atoms with van der Waals surface area (Å²) in [6, 6.07) is 12.0. The van der Waals surface area contributed by atoms with E-state index in [2.05, 4.69) is 36.0 Å². The van der Waals surface area contributed by atoms with E-state index in [-0.39, 0.29) is 0 Å². The zero-order chi connectivity index (χ0) is 18.9. The number of anilines is 2. The standard InChI is InChI=1S/C21H28N2O2S/c1-14(2)26(24,25)23-18-8-6-17(7-9-18)13-22-21-12-11-19-15(3)5-10-20(19)16(21)4/h6-9,11-12,14-15,22-23H,5,10,13H2,1-4H3. The lowest BCUT2D eigenvalue weighted by Crippen LogP contribution is -2.22. The summed E-state index contributed by atoms with van der Waals surface area (Å²) in [7, 11) is -3.30. The van der Waals surface area contributed by atoms with Crippen molar-refractivity contribution >= 4 is 21.4 Å². The van der Waals surface area contributed by atoms with E-state index in [1.165, 1.54) is 35.2 Å². The molecule has 0 spiro atoms. The molecule has 0 saturated heterocycles. The maximum absolute atomic E-state index is 11.9. The summed E-state index contributed by atoms with van der Waals surface area (Å²) in [6.45, 7) is 8.55. The molecule has 3 rings (SSSR count). The Hall–Kier alpha value is -2.01. The minimum absolute atomic E-state index is 0.450. The molecule has 0 heterocycles. The monoisotopic (exact) mass is 372 g/mol. The molecular weight excluding hydrogens is 344 g/mol. The van der Waals surface area contributed by atoms with Gasteiger partial charge in [0.05, 0.1) is 5.25 Å². The van der Waals surface area contributed by atoms with Gasteiger partial charge in [-0.25, -0.2) is 8.42 Å². The summed E-state index contributed by atoms with van der Waals surface area (Å²) in [6.07, 6.45) is 2.41. The first-order valence-electron chi connectivity index (χ1n) is 9.24. The molecule has 2 aromatic carbocycles. The number of sulfonamides is 1. The van der Waals surface area contributed by atoms with E-state index < -0.39 is 15.3 Å². The molecule has 0 saturated carbocycles. The quantitative estimate of drug-likeness (QED) is 0.765. The van der Waals surface area contributed by atoms with Crippen molar-refractivity contribution in [2.75, 3.05) is 10.0 Å². The Bertz CT molecular complexity index is 887. The molecule has 1 aliphatic carbocycles. The van der Waals surface area contributed by atoms with Gasteiger partial charge in [-0.3, -0.25) is 4.72 Å². The van der Waals surface area contributed by atoms with E-state index >= 15 is 0 Å². The molecule has 1 atom stereocenters. The number of nitrogens with one attached hydrogen (secondary N) is 2. The van der Waals surface area contributed by atoms with Gasteiger partial charge in [-0.2, -0.15) is 0 Å². The number of hydrogen-bond acceptors (Lipinski definition) is 3. The first kappa shape index (κ1) is 18.8. The van der Waals surface area contributed by atoms with Crippen LogP contribution in [0.3, 0.4) is 0 Å². The van der Waals surface area contributed by atoms with Crippen LogP contribution in [0.4, 0.5) is 11.4 Å². The second-order valence-corrected chi connectivity index (χ2v) is 9.73. The molecule has 2 aromatic rings. The van der Waals surface area contributed by atoms with E-state index in [1.54, 1.807) is 13.8 Å². The third-order valence-electron chi connectivity index (χ3n) is 5.31. The predicted octanol–water partition coefficient (Wildman–Crippen LogP) is 4.81. The molecule has 0 aromatic heterocycles. The third kappa shape index (κ3) is 3.88. The van der Waals surface area contributed by atoms with Gasteiger partial charge in [0.15, 0.2) is 0 Å². The number of rotatable bonds is 6. The fourth-order valence-corrected chi connectivity index (χ4v) is 4.15. The molecule has 0 bridgehead atoms. The minimum Gasteiger partial charge on any atom is -0.381 e. The van der Waals surface area contributed by atoms with Crippen molar-refractivity contribution in [2.24, 2.45) is 0 Å². The lowest BCUT2D eigenvalue weighted by Gasteiger charge is -2.15. The van der Waals surface area contributed by atoms with E-state index in [0.29, 0.717) is 18.2 Å². The molecular formula is C21H28N2O2S. The van der Waals surface area contributed by atoms with Crippen molar-refractivity contribution in [3.8, 4) is 0 Å². The summed E-state index contributed by atoms with van der Waals surface area (Å²) in [5.74, 6) is 0.667. The smallest absolute Gasteiger partial charge is 0.235 e. The van der Waals surface area contributed by atoms with Crippen LogP contribution < -0.4 is 10.0 Å². The Kier molecular flexibility index (Phi) is 5.28. The normalized spacial score (nSPS) is 16.6. The maximum atomic E-state index is 11.9. The fourth-order valence-electron chi connectivity index (χ4n) is 3.45. The summed E-state index contributed by atoms with van der Waals surface area (Å²) >= 11 is 0. The first-order chi connectivity index (χ1) is 12.3. The zero-order valence-corrected chi connectivity index (χ0v) is 16.8. The molecule has 5 heteroatoms. The highest BCUT2D eigenvalue weighted by Crippen LogP contribution is 2.37. The van der Waals surface area contributed by atoms with Crippen LogP contribution in [0.15, 0.2) is 36.4 Å². The molecule has 0 fully saturated rings. The Morgan fingerprint density at radius 1 is 1.12 bits per heavy atom. The Morgan fingerprint density at radius 2 is 1.81 bits per heavy atom. The van der Waals surface area contributed by atoms with Gasteiger partial charge in [-0.05, 0) is 80.0 Å².